The first-order valence-electron chi connectivity index (χ1n) is 11.3. The fraction of sp³-hybridized carbons (Fsp3) is 0.360. The molecule has 9 heteroatoms. The fourth-order valence-corrected chi connectivity index (χ4v) is 6.20. The number of hydrogen-bond donors (Lipinski definition) is 0. The number of sulfone groups is 1. The summed E-state index contributed by atoms with van der Waals surface area (Å²) in [6, 6.07) is 13.9. The van der Waals surface area contributed by atoms with Gasteiger partial charge in [0, 0.05) is 35.2 Å². The molecule has 0 aliphatic carbocycles. The van der Waals surface area contributed by atoms with E-state index in [1.807, 2.05) is 6.07 Å². The van der Waals surface area contributed by atoms with E-state index in [2.05, 4.69) is 0 Å². The van der Waals surface area contributed by atoms with Gasteiger partial charge in [-0.15, -0.1) is 0 Å². The van der Waals surface area contributed by atoms with Crippen molar-refractivity contribution in [3.63, 3.8) is 0 Å². The highest BCUT2D eigenvalue weighted by Gasteiger charge is 2.30. The number of likely N-dealkylation sites (tertiary alicyclic amines) is 1. The number of rotatable bonds is 7. The Labute approximate surface area is 204 Å². The average Bonchev–Trinajstić information content (AvgIpc) is 3.18. The largest absolute Gasteiger partial charge is 0.466 e. The van der Waals surface area contributed by atoms with Gasteiger partial charge in [-0.3, -0.25) is 9.59 Å². The van der Waals surface area contributed by atoms with Crippen LogP contribution in [0.15, 0.2) is 59.6 Å². The zero-order valence-electron chi connectivity index (χ0n) is 18.9. The van der Waals surface area contributed by atoms with E-state index >= 15 is 0 Å². The summed E-state index contributed by atoms with van der Waals surface area (Å²) >= 11 is 6.03. The molecular formula is C25H27ClN2O5S. The van der Waals surface area contributed by atoms with Crippen LogP contribution in [0.1, 0.15) is 25.3 Å². The van der Waals surface area contributed by atoms with Crippen LogP contribution in [-0.2, 0) is 36.5 Å². The van der Waals surface area contributed by atoms with Gasteiger partial charge in [0.2, 0.25) is 5.91 Å². The molecule has 3 aromatic rings. The van der Waals surface area contributed by atoms with Crippen molar-refractivity contribution in [2.24, 2.45) is 5.92 Å². The summed E-state index contributed by atoms with van der Waals surface area (Å²) in [4.78, 5) is 27.1. The van der Waals surface area contributed by atoms with Crippen LogP contribution in [0.3, 0.4) is 0 Å². The Morgan fingerprint density at radius 2 is 1.94 bits per heavy atom. The lowest BCUT2D eigenvalue weighted by Crippen LogP contribution is -2.44. The van der Waals surface area contributed by atoms with Crippen molar-refractivity contribution in [2.75, 3.05) is 19.7 Å². The molecule has 0 unspecified atom stereocenters. The van der Waals surface area contributed by atoms with E-state index in [9.17, 15) is 18.0 Å². The predicted molar refractivity (Wildman–Crippen MR) is 130 cm³/mol. The molecule has 1 aromatic heterocycles. The van der Waals surface area contributed by atoms with Crippen LogP contribution in [0.5, 0.6) is 0 Å². The van der Waals surface area contributed by atoms with Gasteiger partial charge in [0.05, 0.1) is 23.2 Å². The summed E-state index contributed by atoms with van der Waals surface area (Å²) in [5.74, 6) is -0.954. The smallest absolute Gasteiger partial charge is 0.310 e. The lowest BCUT2D eigenvalue weighted by atomic mass is 9.98. The van der Waals surface area contributed by atoms with Gasteiger partial charge in [0.25, 0.3) is 0 Å². The zero-order valence-corrected chi connectivity index (χ0v) is 20.5. The number of aromatic nitrogens is 1. The monoisotopic (exact) mass is 502 g/mol. The molecule has 7 nitrogen and oxygen atoms in total. The topological polar surface area (TPSA) is 85.7 Å². The molecule has 1 aliphatic rings. The molecule has 1 aliphatic heterocycles. The molecule has 180 valence electrons. The van der Waals surface area contributed by atoms with E-state index in [-0.39, 0.29) is 35.0 Å². The molecule has 1 saturated heterocycles. The maximum Gasteiger partial charge on any atom is 0.310 e. The molecule has 0 radical (unpaired) electrons. The third kappa shape index (κ3) is 5.28. The molecule has 0 N–H and O–H groups in total. The van der Waals surface area contributed by atoms with E-state index in [1.54, 1.807) is 58.9 Å². The van der Waals surface area contributed by atoms with Crippen LogP contribution >= 0.6 is 11.6 Å². The number of hydrogen-bond acceptors (Lipinski definition) is 5. The number of nitrogens with zero attached hydrogens (tertiary/aromatic N) is 2. The highest BCUT2D eigenvalue weighted by Crippen LogP contribution is 2.29. The Kier molecular flexibility index (Phi) is 7.28. The number of amides is 1. The molecule has 0 bridgehead atoms. The Bertz CT molecular complexity index is 1320. The zero-order chi connectivity index (χ0) is 24.3. The minimum Gasteiger partial charge on any atom is -0.466 e. The second-order valence-electron chi connectivity index (χ2n) is 8.46. The van der Waals surface area contributed by atoms with Crippen LogP contribution in [0.2, 0.25) is 5.02 Å². The lowest BCUT2D eigenvalue weighted by Gasteiger charge is -2.31. The number of fused-ring (bicyclic) bond motifs is 1. The third-order valence-electron chi connectivity index (χ3n) is 6.03. The molecule has 2 heterocycles. The molecule has 1 atom stereocenters. The van der Waals surface area contributed by atoms with Crippen molar-refractivity contribution >= 4 is 44.2 Å². The number of piperidine rings is 1. The normalized spacial score (nSPS) is 16.5. The summed E-state index contributed by atoms with van der Waals surface area (Å²) in [6.07, 6.45) is 2.96. The predicted octanol–water partition coefficient (Wildman–Crippen LogP) is 4.07. The van der Waals surface area contributed by atoms with Crippen molar-refractivity contribution in [3.05, 3.63) is 65.3 Å². The van der Waals surface area contributed by atoms with Crippen molar-refractivity contribution in [1.82, 2.24) is 9.47 Å². The van der Waals surface area contributed by atoms with Gasteiger partial charge in [0.15, 0.2) is 9.84 Å². The first-order chi connectivity index (χ1) is 16.3. The number of ether oxygens (including phenoxy) is 1. The van der Waals surface area contributed by atoms with Crippen LogP contribution in [0.4, 0.5) is 0 Å². The van der Waals surface area contributed by atoms with Gasteiger partial charge < -0.3 is 14.2 Å². The summed E-state index contributed by atoms with van der Waals surface area (Å²) in [6.45, 7) is 2.94. The van der Waals surface area contributed by atoms with E-state index in [1.165, 1.54) is 6.20 Å². The molecule has 1 fully saturated rings. The van der Waals surface area contributed by atoms with Gasteiger partial charge >= 0.3 is 5.97 Å². The van der Waals surface area contributed by atoms with E-state index in [0.29, 0.717) is 47.6 Å². The molecule has 0 spiro atoms. The maximum absolute atomic E-state index is 13.3. The molecule has 4 rings (SSSR count). The van der Waals surface area contributed by atoms with Gasteiger partial charge in [0.1, 0.15) is 6.54 Å². The number of carbonyl (C=O) groups is 2. The molecular weight excluding hydrogens is 476 g/mol. The standard InChI is InChI=1S/C25H27ClN2O5S/c1-2-33-25(30)19-8-6-12-27(14-19)24(29)16-28-15-23(21-10-3-4-11-22(21)28)34(31,32)17-18-7-5-9-20(26)13-18/h3-5,7,9-11,13,15,19H,2,6,8,12,14,16-17H2,1H3/t19-/m1/s1. The first kappa shape index (κ1) is 24.3. The number of benzene rings is 2. The maximum atomic E-state index is 13.3. The van der Waals surface area contributed by atoms with Gasteiger partial charge in [-0.25, -0.2) is 8.42 Å². The van der Waals surface area contributed by atoms with E-state index in [0.717, 1.165) is 6.42 Å². The minimum absolute atomic E-state index is 0.0112. The van der Waals surface area contributed by atoms with Gasteiger partial charge in [-0.2, -0.15) is 0 Å². The summed E-state index contributed by atoms with van der Waals surface area (Å²) in [5.41, 5.74) is 1.26. The summed E-state index contributed by atoms with van der Waals surface area (Å²) in [7, 11) is -3.69. The SMILES string of the molecule is CCOC(=O)[C@@H]1CCCN(C(=O)Cn2cc(S(=O)(=O)Cc3cccc(Cl)c3)c3ccccc32)C1. The minimum atomic E-state index is -3.69. The van der Waals surface area contributed by atoms with Crippen molar-refractivity contribution < 1.29 is 22.7 Å². The van der Waals surface area contributed by atoms with Crippen LogP contribution in [-0.4, -0.2) is 49.5 Å². The Hall–Kier alpha value is -2.84. The highest BCUT2D eigenvalue weighted by atomic mass is 35.5. The summed E-state index contributed by atoms with van der Waals surface area (Å²) < 4.78 is 33.4. The Balaban J connectivity index is 1.58. The van der Waals surface area contributed by atoms with E-state index in [4.69, 9.17) is 16.3 Å². The van der Waals surface area contributed by atoms with Crippen molar-refractivity contribution in [3.8, 4) is 0 Å². The molecule has 1 amide bonds. The summed E-state index contributed by atoms with van der Waals surface area (Å²) in [5, 5.41) is 1.05. The first-order valence-corrected chi connectivity index (χ1v) is 13.3. The quantitative estimate of drug-likeness (QED) is 0.454. The third-order valence-corrected chi connectivity index (χ3v) is 7.98. The highest BCUT2D eigenvalue weighted by molar-refractivity contribution is 7.90. The Morgan fingerprint density at radius 1 is 1.15 bits per heavy atom. The number of para-hydroxylation sites is 1. The van der Waals surface area contributed by atoms with Crippen LogP contribution < -0.4 is 0 Å². The number of esters is 1. The second-order valence-corrected chi connectivity index (χ2v) is 10.9. The van der Waals surface area contributed by atoms with Crippen LogP contribution in [0.25, 0.3) is 10.9 Å². The van der Waals surface area contributed by atoms with Crippen LogP contribution in [0, 0.1) is 5.92 Å². The molecule has 34 heavy (non-hydrogen) atoms. The van der Waals surface area contributed by atoms with Gasteiger partial charge in [-0.05, 0) is 43.5 Å². The van der Waals surface area contributed by atoms with Crippen molar-refractivity contribution in [1.29, 1.82) is 0 Å². The second kappa shape index (κ2) is 10.2. The average molecular weight is 503 g/mol. The van der Waals surface area contributed by atoms with Crippen molar-refractivity contribution in [2.45, 2.75) is 37.0 Å². The molecule has 2 aromatic carbocycles. The van der Waals surface area contributed by atoms with E-state index < -0.39 is 9.84 Å². The number of halogens is 1. The Morgan fingerprint density at radius 3 is 2.71 bits per heavy atom. The lowest BCUT2D eigenvalue weighted by molar-refractivity contribution is -0.151. The van der Waals surface area contributed by atoms with Gasteiger partial charge in [-0.1, -0.05) is 41.9 Å². The number of carbonyl (C=O) groups excluding carboxylic acids is 2. The molecule has 0 saturated carbocycles. The fourth-order valence-electron chi connectivity index (χ4n) is 4.42.